The summed E-state index contributed by atoms with van der Waals surface area (Å²) in [5, 5.41) is 4.06. The number of halogens is 1. The van der Waals surface area contributed by atoms with Gasteiger partial charge in [0.05, 0.1) is 23.7 Å². The molecule has 0 aliphatic carbocycles. The summed E-state index contributed by atoms with van der Waals surface area (Å²) in [5.74, 6) is 0.194. The lowest BCUT2D eigenvalue weighted by Crippen LogP contribution is -2.37. The maximum absolute atomic E-state index is 14.3. The Morgan fingerprint density at radius 3 is 2.42 bits per heavy atom. The number of benzene rings is 3. The summed E-state index contributed by atoms with van der Waals surface area (Å²) in [6.45, 7) is 1.92. The minimum Gasteiger partial charge on any atom is -0.497 e. The molecule has 168 valence electrons. The van der Waals surface area contributed by atoms with E-state index < -0.39 is 16.1 Å². The van der Waals surface area contributed by atoms with E-state index in [2.05, 4.69) is 5.38 Å². The minimum atomic E-state index is -3.93. The first-order valence-electron chi connectivity index (χ1n) is 10.6. The van der Waals surface area contributed by atoms with Crippen molar-refractivity contribution < 1.29 is 17.5 Å². The number of thiophene rings is 1. The van der Waals surface area contributed by atoms with Crippen LogP contribution in [0.1, 0.15) is 24.9 Å². The van der Waals surface area contributed by atoms with Crippen LogP contribution < -0.4 is 9.04 Å². The van der Waals surface area contributed by atoms with Gasteiger partial charge in [0.2, 0.25) is 0 Å². The van der Waals surface area contributed by atoms with E-state index in [0.717, 1.165) is 22.3 Å². The summed E-state index contributed by atoms with van der Waals surface area (Å²) in [7, 11) is -2.39. The number of hydrogen-bond acceptors (Lipinski definition) is 4. The fraction of sp³-hybridized carbons (Fsp3) is 0.154. The molecule has 3 aromatic carbocycles. The zero-order valence-electron chi connectivity index (χ0n) is 18.2. The Labute approximate surface area is 196 Å². The van der Waals surface area contributed by atoms with Gasteiger partial charge in [0, 0.05) is 5.56 Å². The molecular weight excluding hydrogens is 457 g/mol. The van der Waals surface area contributed by atoms with Gasteiger partial charge in [-0.2, -0.15) is 11.3 Å². The molecule has 2 heterocycles. The molecule has 0 bridgehead atoms. The predicted molar refractivity (Wildman–Crippen MR) is 131 cm³/mol. The minimum absolute atomic E-state index is 0.162. The van der Waals surface area contributed by atoms with Crippen LogP contribution in [0.2, 0.25) is 0 Å². The lowest BCUT2D eigenvalue weighted by Gasteiger charge is -2.39. The smallest absolute Gasteiger partial charge is 0.264 e. The average Bonchev–Trinajstić information content (AvgIpc) is 3.37. The van der Waals surface area contributed by atoms with Crippen molar-refractivity contribution in [1.82, 2.24) is 0 Å². The first kappa shape index (κ1) is 21.7. The maximum Gasteiger partial charge on any atom is 0.264 e. The van der Waals surface area contributed by atoms with E-state index in [1.54, 1.807) is 41.7 Å². The second kappa shape index (κ2) is 8.32. The molecule has 0 N–H and O–H groups in total. The Hall–Kier alpha value is -3.16. The normalized spacial score (nSPS) is 15.1. The molecule has 0 saturated carbocycles. The van der Waals surface area contributed by atoms with Crippen LogP contribution in [0.5, 0.6) is 5.75 Å². The predicted octanol–water partition coefficient (Wildman–Crippen LogP) is 6.89. The number of rotatable bonds is 5. The average molecular weight is 480 g/mol. The molecule has 0 radical (unpaired) electrons. The summed E-state index contributed by atoms with van der Waals surface area (Å²) in [6, 6.07) is 18.3. The maximum atomic E-state index is 14.3. The Kier molecular flexibility index (Phi) is 5.46. The Balaban J connectivity index is 1.75. The first-order valence-corrected chi connectivity index (χ1v) is 13.0. The highest BCUT2D eigenvalue weighted by Gasteiger charge is 2.38. The number of anilines is 1. The van der Waals surface area contributed by atoms with Crippen LogP contribution >= 0.6 is 11.3 Å². The van der Waals surface area contributed by atoms with Crippen molar-refractivity contribution >= 4 is 27.0 Å². The van der Waals surface area contributed by atoms with E-state index >= 15 is 0 Å². The van der Waals surface area contributed by atoms with Crippen LogP contribution in [0.25, 0.3) is 22.3 Å². The molecule has 5 rings (SSSR count). The molecule has 1 unspecified atom stereocenters. The van der Waals surface area contributed by atoms with Crippen molar-refractivity contribution in [3.05, 3.63) is 88.9 Å². The number of fused-ring (bicyclic) bond motifs is 3. The molecule has 7 heteroatoms. The van der Waals surface area contributed by atoms with Gasteiger partial charge in [0.1, 0.15) is 11.6 Å². The highest BCUT2D eigenvalue weighted by Crippen LogP contribution is 2.49. The molecule has 33 heavy (non-hydrogen) atoms. The summed E-state index contributed by atoms with van der Waals surface area (Å²) in [6.07, 6.45) is 0.498. The van der Waals surface area contributed by atoms with Crippen LogP contribution in [0.4, 0.5) is 10.1 Å². The molecule has 1 aliphatic heterocycles. The van der Waals surface area contributed by atoms with Gasteiger partial charge in [-0.05, 0) is 94.0 Å². The molecule has 4 aromatic rings. The third-order valence-corrected chi connectivity index (χ3v) is 8.56. The highest BCUT2D eigenvalue weighted by atomic mass is 32.2. The van der Waals surface area contributed by atoms with Gasteiger partial charge in [0.15, 0.2) is 0 Å². The van der Waals surface area contributed by atoms with Gasteiger partial charge in [-0.15, -0.1) is 0 Å². The van der Waals surface area contributed by atoms with Crippen LogP contribution in [0.15, 0.2) is 82.4 Å². The molecule has 0 saturated heterocycles. The van der Waals surface area contributed by atoms with Gasteiger partial charge in [-0.1, -0.05) is 19.1 Å². The molecule has 4 nitrogen and oxygen atoms in total. The quantitative estimate of drug-likeness (QED) is 0.313. The van der Waals surface area contributed by atoms with Gasteiger partial charge in [-0.25, -0.2) is 12.8 Å². The molecule has 0 spiro atoms. The van der Waals surface area contributed by atoms with E-state index in [1.807, 2.05) is 36.6 Å². The SMILES string of the molecule is CCC1c2cc(F)ccc2-c2cc(-c3ccsc3)ccc2N1S(=O)(=O)c1ccc(OC)cc1. The lowest BCUT2D eigenvalue weighted by molar-refractivity contribution is 0.414. The standard InChI is InChI=1S/C26H22FNO3S2/c1-3-25-24-15-19(27)5-10-22(24)23-14-17(18-12-13-32-16-18)4-11-26(23)28(25)33(29,30)21-8-6-20(31-2)7-9-21/h4-16,25H,3H2,1-2H3. The molecule has 1 atom stereocenters. The van der Waals surface area contributed by atoms with Crippen molar-refractivity contribution in [3.8, 4) is 28.0 Å². The van der Waals surface area contributed by atoms with Crippen molar-refractivity contribution in [2.75, 3.05) is 11.4 Å². The van der Waals surface area contributed by atoms with E-state index in [1.165, 1.54) is 23.5 Å². The topological polar surface area (TPSA) is 46.6 Å². The Morgan fingerprint density at radius 1 is 0.970 bits per heavy atom. The number of methoxy groups -OCH3 is 1. The van der Waals surface area contributed by atoms with Gasteiger partial charge < -0.3 is 4.74 Å². The summed E-state index contributed by atoms with van der Waals surface area (Å²) >= 11 is 1.60. The first-order chi connectivity index (χ1) is 15.9. The molecule has 0 amide bonds. The largest absolute Gasteiger partial charge is 0.497 e. The number of ether oxygens (including phenoxy) is 1. The lowest BCUT2D eigenvalue weighted by atomic mass is 9.87. The number of hydrogen-bond donors (Lipinski definition) is 0. The van der Waals surface area contributed by atoms with Crippen LogP contribution in [0, 0.1) is 5.82 Å². The van der Waals surface area contributed by atoms with Crippen LogP contribution in [-0.2, 0) is 10.0 Å². The number of sulfonamides is 1. The van der Waals surface area contributed by atoms with Crippen molar-refractivity contribution in [2.45, 2.75) is 24.3 Å². The second-order valence-corrected chi connectivity index (χ2v) is 10.5. The fourth-order valence-electron chi connectivity index (χ4n) is 4.44. The van der Waals surface area contributed by atoms with E-state index in [-0.39, 0.29) is 10.7 Å². The summed E-state index contributed by atoms with van der Waals surface area (Å²) in [4.78, 5) is 0.162. The summed E-state index contributed by atoms with van der Waals surface area (Å²) < 4.78 is 48.8. The van der Waals surface area contributed by atoms with Gasteiger partial charge in [-0.3, -0.25) is 4.31 Å². The second-order valence-electron chi connectivity index (χ2n) is 7.88. The van der Waals surface area contributed by atoms with E-state index in [9.17, 15) is 12.8 Å². The molecule has 0 fully saturated rings. The van der Waals surface area contributed by atoms with Gasteiger partial charge >= 0.3 is 0 Å². The van der Waals surface area contributed by atoms with Crippen LogP contribution in [0.3, 0.4) is 0 Å². The van der Waals surface area contributed by atoms with Gasteiger partial charge in [0.25, 0.3) is 10.0 Å². The van der Waals surface area contributed by atoms with Crippen LogP contribution in [-0.4, -0.2) is 15.5 Å². The van der Waals surface area contributed by atoms with Crippen molar-refractivity contribution in [3.63, 3.8) is 0 Å². The molecule has 1 aromatic heterocycles. The van der Waals surface area contributed by atoms with Crippen molar-refractivity contribution in [1.29, 1.82) is 0 Å². The van der Waals surface area contributed by atoms with E-state index in [4.69, 9.17) is 4.74 Å². The van der Waals surface area contributed by atoms with E-state index in [0.29, 0.717) is 23.4 Å². The van der Waals surface area contributed by atoms with Crippen molar-refractivity contribution in [2.24, 2.45) is 0 Å². The summed E-state index contributed by atoms with van der Waals surface area (Å²) in [5.41, 5.74) is 4.95. The zero-order chi connectivity index (χ0) is 23.2. The number of nitrogens with zero attached hydrogens (tertiary/aromatic N) is 1. The third-order valence-electron chi connectivity index (χ3n) is 6.04. The molecular formula is C26H22FNO3S2. The molecule has 1 aliphatic rings. The Morgan fingerprint density at radius 2 is 1.76 bits per heavy atom. The Bertz CT molecular complexity index is 1410. The highest BCUT2D eigenvalue weighted by molar-refractivity contribution is 7.92. The zero-order valence-corrected chi connectivity index (χ0v) is 19.8. The fourth-order valence-corrected chi connectivity index (χ4v) is 6.83. The third kappa shape index (κ3) is 3.61. The monoisotopic (exact) mass is 479 g/mol.